The monoisotopic (exact) mass is 249 g/mol. The highest BCUT2D eigenvalue weighted by Crippen LogP contribution is 2.38. The van der Waals surface area contributed by atoms with Crippen LogP contribution in [0.2, 0.25) is 0 Å². The van der Waals surface area contributed by atoms with Crippen LogP contribution in [0.1, 0.15) is 38.3 Å². The molecule has 0 atom stereocenters. The van der Waals surface area contributed by atoms with E-state index in [4.69, 9.17) is 0 Å². The summed E-state index contributed by atoms with van der Waals surface area (Å²) >= 11 is 0. The molecule has 1 heterocycles. The molecule has 0 bridgehead atoms. The zero-order valence-electron chi connectivity index (χ0n) is 10.9. The van der Waals surface area contributed by atoms with E-state index in [9.17, 15) is 9.59 Å². The van der Waals surface area contributed by atoms with Crippen LogP contribution < -0.4 is 5.56 Å². The normalized spacial score (nSPS) is 14.6. The largest absolute Gasteiger partial charge is 0.342 e. The average Bonchev–Trinajstić information content (AvgIpc) is 3.17. The Morgan fingerprint density at radius 3 is 2.61 bits per heavy atom. The minimum absolute atomic E-state index is 0.0427. The number of nitrogens with zero attached hydrogens (tertiary/aromatic N) is 3. The van der Waals surface area contributed by atoms with E-state index in [2.05, 4.69) is 5.10 Å². The Bertz CT molecular complexity index is 487. The first-order valence-electron chi connectivity index (χ1n) is 6.51. The molecule has 5 heteroatoms. The van der Waals surface area contributed by atoms with Crippen LogP contribution in [0.3, 0.4) is 0 Å². The molecule has 18 heavy (non-hydrogen) atoms. The molecule has 1 aliphatic rings. The molecule has 1 aromatic rings. The number of aromatic nitrogens is 2. The van der Waals surface area contributed by atoms with Crippen molar-refractivity contribution < 1.29 is 4.79 Å². The van der Waals surface area contributed by atoms with E-state index in [-0.39, 0.29) is 18.0 Å². The Hall–Kier alpha value is -1.65. The van der Waals surface area contributed by atoms with Gasteiger partial charge in [0.1, 0.15) is 6.54 Å². The van der Waals surface area contributed by atoms with Crippen molar-refractivity contribution in [1.29, 1.82) is 0 Å². The van der Waals surface area contributed by atoms with Crippen molar-refractivity contribution in [1.82, 2.24) is 14.7 Å². The molecule has 0 aromatic carbocycles. The maximum absolute atomic E-state index is 11.9. The molecule has 1 saturated carbocycles. The van der Waals surface area contributed by atoms with Crippen molar-refractivity contribution in [2.24, 2.45) is 0 Å². The van der Waals surface area contributed by atoms with Crippen LogP contribution in [0.4, 0.5) is 0 Å². The predicted molar refractivity (Wildman–Crippen MR) is 68.4 cm³/mol. The Morgan fingerprint density at radius 1 is 1.39 bits per heavy atom. The highest BCUT2D eigenvalue weighted by atomic mass is 16.2. The minimum Gasteiger partial charge on any atom is -0.342 e. The van der Waals surface area contributed by atoms with Crippen molar-refractivity contribution in [2.45, 2.75) is 39.2 Å². The number of carbonyl (C=O) groups is 1. The van der Waals surface area contributed by atoms with E-state index in [0.29, 0.717) is 19.0 Å². The summed E-state index contributed by atoms with van der Waals surface area (Å²) in [4.78, 5) is 25.3. The molecule has 2 rings (SSSR count). The second kappa shape index (κ2) is 5.33. The van der Waals surface area contributed by atoms with Gasteiger partial charge in [0, 0.05) is 25.1 Å². The molecule has 0 unspecified atom stereocenters. The van der Waals surface area contributed by atoms with E-state index in [1.54, 1.807) is 11.0 Å². The first-order valence-corrected chi connectivity index (χ1v) is 6.51. The van der Waals surface area contributed by atoms with Crippen molar-refractivity contribution in [3.63, 3.8) is 0 Å². The molecular formula is C13H19N3O2. The fourth-order valence-corrected chi connectivity index (χ4v) is 1.98. The van der Waals surface area contributed by atoms with Gasteiger partial charge in [-0.15, -0.1) is 0 Å². The zero-order chi connectivity index (χ0) is 13.1. The number of hydrogen-bond donors (Lipinski definition) is 0. The van der Waals surface area contributed by atoms with Gasteiger partial charge in [-0.05, 0) is 32.8 Å². The molecule has 1 aromatic heterocycles. The van der Waals surface area contributed by atoms with Gasteiger partial charge in [0.2, 0.25) is 5.91 Å². The van der Waals surface area contributed by atoms with Gasteiger partial charge >= 0.3 is 0 Å². The average molecular weight is 249 g/mol. The van der Waals surface area contributed by atoms with Gasteiger partial charge in [-0.2, -0.15) is 5.10 Å². The van der Waals surface area contributed by atoms with E-state index in [1.807, 2.05) is 13.8 Å². The summed E-state index contributed by atoms with van der Waals surface area (Å²) in [6.45, 7) is 5.22. The molecule has 5 nitrogen and oxygen atoms in total. The van der Waals surface area contributed by atoms with Crippen LogP contribution in [0.25, 0.3) is 0 Å². The number of rotatable bonds is 5. The van der Waals surface area contributed by atoms with Gasteiger partial charge in [-0.1, -0.05) is 0 Å². The van der Waals surface area contributed by atoms with Gasteiger partial charge in [-0.3, -0.25) is 9.59 Å². The van der Waals surface area contributed by atoms with E-state index in [0.717, 1.165) is 18.5 Å². The Kier molecular flexibility index (Phi) is 3.79. The van der Waals surface area contributed by atoms with Crippen molar-refractivity contribution in [3.8, 4) is 0 Å². The summed E-state index contributed by atoms with van der Waals surface area (Å²) in [6, 6.07) is 3.29. The fraction of sp³-hybridized carbons (Fsp3) is 0.615. The highest BCUT2D eigenvalue weighted by Gasteiger charge is 2.25. The van der Waals surface area contributed by atoms with Gasteiger partial charge in [0.25, 0.3) is 5.56 Å². The number of carbonyl (C=O) groups excluding carboxylic acids is 1. The predicted octanol–water partition coefficient (Wildman–Crippen LogP) is 0.989. The quantitative estimate of drug-likeness (QED) is 0.782. The fourth-order valence-electron chi connectivity index (χ4n) is 1.98. The van der Waals surface area contributed by atoms with E-state index in [1.165, 1.54) is 10.7 Å². The van der Waals surface area contributed by atoms with Crippen LogP contribution in [-0.2, 0) is 11.3 Å². The molecule has 0 saturated heterocycles. The van der Waals surface area contributed by atoms with Crippen LogP contribution >= 0.6 is 0 Å². The van der Waals surface area contributed by atoms with Crippen LogP contribution in [0.15, 0.2) is 16.9 Å². The lowest BCUT2D eigenvalue weighted by Crippen LogP contribution is -2.37. The molecule has 0 spiro atoms. The highest BCUT2D eigenvalue weighted by molar-refractivity contribution is 5.75. The standard InChI is InChI=1S/C13H19N3O2/c1-3-15(4-2)13(18)9-16-12(17)8-7-11(14-16)10-5-6-10/h7-8,10H,3-6,9H2,1-2H3. The topological polar surface area (TPSA) is 55.2 Å². The number of hydrogen-bond acceptors (Lipinski definition) is 3. The maximum Gasteiger partial charge on any atom is 0.267 e. The summed E-state index contributed by atoms with van der Waals surface area (Å²) in [5.74, 6) is 0.433. The second-order valence-electron chi connectivity index (χ2n) is 4.59. The van der Waals surface area contributed by atoms with Gasteiger partial charge < -0.3 is 4.90 Å². The van der Waals surface area contributed by atoms with Crippen molar-refractivity contribution in [3.05, 3.63) is 28.2 Å². The van der Waals surface area contributed by atoms with Crippen LogP contribution in [-0.4, -0.2) is 33.7 Å². The van der Waals surface area contributed by atoms with Gasteiger partial charge in [0.05, 0.1) is 5.69 Å². The molecule has 0 radical (unpaired) electrons. The van der Waals surface area contributed by atoms with Crippen molar-refractivity contribution in [2.75, 3.05) is 13.1 Å². The first kappa shape index (κ1) is 12.8. The molecular weight excluding hydrogens is 230 g/mol. The molecule has 0 aliphatic heterocycles. The minimum atomic E-state index is -0.208. The molecule has 1 fully saturated rings. The molecule has 98 valence electrons. The summed E-state index contributed by atoms with van der Waals surface area (Å²) in [5, 5.41) is 4.28. The molecule has 0 N–H and O–H groups in total. The lowest BCUT2D eigenvalue weighted by molar-refractivity contribution is -0.131. The third-order valence-electron chi connectivity index (χ3n) is 3.28. The Labute approximate surface area is 106 Å². The van der Waals surface area contributed by atoms with E-state index < -0.39 is 0 Å². The zero-order valence-corrected chi connectivity index (χ0v) is 10.9. The third-order valence-corrected chi connectivity index (χ3v) is 3.28. The third kappa shape index (κ3) is 2.78. The summed E-state index contributed by atoms with van der Waals surface area (Å²) in [5.41, 5.74) is 0.724. The number of amides is 1. The SMILES string of the molecule is CCN(CC)C(=O)Cn1nc(C2CC2)ccc1=O. The first-order chi connectivity index (χ1) is 8.65. The van der Waals surface area contributed by atoms with Gasteiger partial charge in [-0.25, -0.2) is 4.68 Å². The lowest BCUT2D eigenvalue weighted by atomic mass is 10.3. The van der Waals surface area contributed by atoms with E-state index >= 15 is 0 Å². The van der Waals surface area contributed by atoms with Crippen LogP contribution in [0, 0.1) is 0 Å². The van der Waals surface area contributed by atoms with Crippen molar-refractivity contribution >= 4 is 5.91 Å². The van der Waals surface area contributed by atoms with Gasteiger partial charge in [0.15, 0.2) is 0 Å². The Balaban J connectivity index is 2.14. The maximum atomic E-state index is 11.9. The molecule has 1 aliphatic carbocycles. The summed E-state index contributed by atoms with van der Waals surface area (Å²) < 4.78 is 1.29. The molecule has 1 amide bonds. The smallest absolute Gasteiger partial charge is 0.267 e. The summed E-state index contributed by atoms with van der Waals surface area (Å²) in [7, 11) is 0. The number of likely N-dealkylation sites (N-methyl/N-ethyl adjacent to an activating group) is 1. The lowest BCUT2D eigenvalue weighted by Gasteiger charge is -2.18. The Morgan fingerprint density at radius 2 is 2.06 bits per heavy atom. The van der Waals surface area contributed by atoms with Crippen LogP contribution in [0.5, 0.6) is 0 Å². The summed E-state index contributed by atoms with van der Waals surface area (Å²) in [6.07, 6.45) is 2.27. The second-order valence-corrected chi connectivity index (χ2v) is 4.59.